The van der Waals surface area contributed by atoms with Gasteiger partial charge in [-0.05, 0) is 43.7 Å². The summed E-state index contributed by atoms with van der Waals surface area (Å²) in [7, 11) is 0. The molecule has 0 saturated heterocycles. The molecule has 0 aliphatic carbocycles. The number of hydrogen-bond acceptors (Lipinski definition) is 3. The summed E-state index contributed by atoms with van der Waals surface area (Å²) < 4.78 is 5.09. The quantitative estimate of drug-likeness (QED) is 0.468. The van der Waals surface area contributed by atoms with Crippen molar-refractivity contribution in [3.05, 3.63) is 46.3 Å². The van der Waals surface area contributed by atoms with Gasteiger partial charge in [0.25, 0.3) is 0 Å². The first-order valence-electron chi connectivity index (χ1n) is 6.46. The molecule has 1 aromatic carbocycles. The second-order valence-corrected chi connectivity index (χ2v) is 5.35. The molecule has 1 rings (SSSR count). The van der Waals surface area contributed by atoms with Gasteiger partial charge < -0.3 is 10.5 Å². The molecule has 6 nitrogen and oxygen atoms in total. The van der Waals surface area contributed by atoms with Gasteiger partial charge in [-0.25, -0.2) is 4.79 Å². The molecule has 0 aromatic heterocycles. The summed E-state index contributed by atoms with van der Waals surface area (Å²) in [6.45, 7) is 3.95. The number of amides is 1. The fourth-order valence-corrected chi connectivity index (χ4v) is 2.31. The number of rotatable bonds is 7. The number of carbonyl (C=O) groups is 1. The highest BCUT2D eigenvalue weighted by atomic mass is 16.6. The number of hydrogen-bond donors (Lipinski definition) is 1. The number of primary amides is 1. The standard InChI is InChI=1S/C14H20N4O2/c1-14(2,20-13(15)19)9-12(10-17-18-16)8-11-6-4-3-5-7-11/h3-7,12H,8-10H2,1-2H3,(H2,15,19)/t12-/m0/s1. The van der Waals surface area contributed by atoms with Crippen molar-refractivity contribution >= 4 is 6.09 Å². The molecule has 0 bridgehead atoms. The zero-order chi connectivity index (χ0) is 15.0. The predicted octanol–water partition coefficient (Wildman–Crippen LogP) is 3.42. The van der Waals surface area contributed by atoms with Gasteiger partial charge in [-0.1, -0.05) is 35.4 Å². The first-order chi connectivity index (χ1) is 9.43. The number of benzene rings is 1. The monoisotopic (exact) mass is 276 g/mol. The van der Waals surface area contributed by atoms with E-state index in [0.29, 0.717) is 13.0 Å². The maximum Gasteiger partial charge on any atom is 0.405 e. The molecular formula is C14H20N4O2. The molecule has 0 saturated carbocycles. The highest BCUT2D eigenvalue weighted by Crippen LogP contribution is 2.24. The van der Waals surface area contributed by atoms with E-state index in [-0.39, 0.29) is 5.92 Å². The Balaban J connectivity index is 2.73. The Morgan fingerprint density at radius 1 is 1.45 bits per heavy atom. The summed E-state index contributed by atoms with van der Waals surface area (Å²) in [5.74, 6) is 0.0858. The lowest BCUT2D eigenvalue weighted by molar-refractivity contribution is 0.0273. The van der Waals surface area contributed by atoms with Gasteiger partial charge in [0.05, 0.1) is 0 Å². The van der Waals surface area contributed by atoms with Gasteiger partial charge in [-0.15, -0.1) is 0 Å². The van der Waals surface area contributed by atoms with Gasteiger partial charge in [0.15, 0.2) is 0 Å². The second kappa shape index (κ2) is 7.40. The van der Waals surface area contributed by atoms with E-state index in [2.05, 4.69) is 10.0 Å². The fraction of sp³-hybridized carbons (Fsp3) is 0.500. The van der Waals surface area contributed by atoms with E-state index in [1.54, 1.807) is 13.8 Å². The minimum Gasteiger partial charge on any atom is -0.444 e. The van der Waals surface area contributed by atoms with E-state index >= 15 is 0 Å². The Morgan fingerprint density at radius 3 is 2.65 bits per heavy atom. The minimum atomic E-state index is -0.794. The van der Waals surface area contributed by atoms with Crippen molar-refractivity contribution in [2.75, 3.05) is 6.54 Å². The van der Waals surface area contributed by atoms with Gasteiger partial charge in [-0.2, -0.15) is 0 Å². The number of nitrogens with two attached hydrogens (primary N) is 1. The van der Waals surface area contributed by atoms with Gasteiger partial charge in [0.1, 0.15) is 5.60 Å². The van der Waals surface area contributed by atoms with Gasteiger partial charge in [0.2, 0.25) is 0 Å². The lowest BCUT2D eigenvalue weighted by Crippen LogP contribution is -2.34. The molecule has 0 spiro atoms. The van der Waals surface area contributed by atoms with E-state index < -0.39 is 11.7 Å². The number of azide groups is 1. The van der Waals surface area contributed by atoms with E-state index in [9.17, 15) is 4.79 Å². The Bertz CT molecular complexity index is 481. The molecule has 0 unspecified atom stereocenters. The van der Waals surface area contributed by atoms with Crippen LogP contribution < -0.4 is 5.73 Å². The van der Waals surface area contributed by atoms with Crippen molar-refractivity contribution in [2.24, 2.45) is 16.8 Å². The predicted molar refractivity (Wildman–Crippen MR) is 77.0 cm³/mol. The Kier molecular flexibility index (Phi) is 5.87. The normalized spacial score (nSPS) is 12.3. The van der Waals surface area contributed by atoms with E-state index in [1.807, 2.05) is 30.3 Å². The van der Waals surface area contributed by atoms with Crippen LogP contribution in [0.2, 0.25) is 0 Å². The van der Waals surface area contributed by atoms with Crippen LogP contribution in [-0.4, -0.2) is 18.2 Å². The van der Waals surface area contributed by atoms with E-state index in [0.717, 1.165) is 12.0 Å². The summed E-state index contributed by atoms with van der Waals surface area (Å²) >= 11 is 0. The van der Waals surface area contributed by atoms with E-state index in [1.165, 1.54) is 0 Å². The molecule has 108 valence electrons. The molecule has 1 atom stereocenters. The first kappa shape index (κ1) is 15.9. The lowest BCUT2D eigenvalue weighted by atomic mass is 9.88. The second-order valence-electron chi connectivity index (χ2n) is 5.35. The van der Waals surface area contributed by atoms with Crippen molar-refractivity contribution in [1.29, 1.82) is 0 Å². The summed E-state index contributed by atoms with van der Waals surface area (Å²) in [6, 6.07) is 9.91. The van der Waals surface area contributed by atoms with Crippen LogP contribution in [0.25, 0.3) is 10.4 Å². The average molecular weight is 276 g/mol. The maximum atomic E-state index is 10.9. The molecule has 20 heavy (non-hydrogen) atoms. The van der Waals surface area contributed by atoms with Crippen LogP contribution in [0.5, 0.6) is 0 Å². The third kappa shape index (κ3) is 6.11. The van der Waals surface area contributed by atoms with Crippen LogP contribution >= 0.6 is 0 Å². The van der Waals surface area contributed by atoms with Gasteiger partial charge >= 0.3 is 6.09 Å². The minimum absolute atomic E-state index is 0.0858. The third-order valence-corrected chi connectivity index (χ3v) is 2.93. The maximum absolute atomic E-state index is 10.9. The smallest absolute Gasteiger partial charge is 0.405 e. The average Bonchev–Trinajstić information content (AvgIpc) is 2.35. The SMILES string of the molecule is CC(C)(C[C@@H](CN=[N+]=[N-])Cc1ccccc1)OC(N)=O. The van der Waals surface area contributed by atoms with Crippen LogP contribution in [-0.2, 0) is 11.2 Å². The molecule has 6 heteroatoms. The third-order valence-electron chi connectivity index (χ3n) is 2.93. The number of nitrogens with zero attached hydrogens (tertiary/aromatic N) is 3. The molecule has 0 aliphatic rings. The molecule has 1 amide bonds. The Labute approximate surface area is 118 Å². The fourth-order valence-electron chi connectivity index (χ4n) is 2.31. The number of carbonyl (C=O) groups excluding carboxylic acids is 1. The summed E-state index contributed by atoms with van der Waals surface area (Å²) in [5.41, 5.74) is 14.0. The van der Waals surface area contributed by atoms with Crippen LogP contribution in [0.15, 0.2) is 35.4 Å². The largest absolute Gasteiger partial charge is 0.444 e. The Morgan fingerprint density at radius 2 is 2.10 bits per heavy atom. The van der Waals surface area contributed by atoms with Crippen LogP contribution in [0, 0.1) is 5.92 Å². The van der Waals surface area contributed by atoms with Crippen molar-refractivity contribution in [1.82, 2.24) is 0 Å². The van der Waals surface area contributed by atoms with Crippen molar-refractivity contribution in [2.45, 2.75) is 32.3 Å². The highest BCUT2D eigenvalue weighted by molar-refractivity contribution is 5.65. The zero-order valence-corrected chi connectivity index (χ0v) is 11.8. The van der Waals surface area contributed by atoms with Crippen molar-refractivity contribution in [3.63, 3.8) is 0 Å². The Hall–Kier alpha value is -2.20. The summed E-state index contributed by atoms with van der Waals surface area (Å²) in [4.78, 5) is 13.7. The van der Waals surface area contributed by atoms with Crippen LogP contribution in [0.4, 0.5) is 4.79 Å². The molecule has 0 fully saturated rings. The van der Waals surface area contributed by atoms with Gasteiger partial charge in [0, 0.05) is 11.5 Å². The molecular weight excluding hydrogens is 256 g/mol. The molecule has 0 aliphatic heterocycles. The zero-order valence-electron chi connectivity index (χ0n) is 11.8. The van der Waals surface area contributed by atoms with Crippen molar-refractivity contribution < 1.29 is 9.53 Å². The van der Waals surface area contributed by atoms with Crippen LogP contribution in [0.1, 0.15) is 25.8 Å². The van der Waals surface area contributed by atoms with Crippen LogP contribution in [0.3, 0.4) is 0 Å². The first-order valence-corrected chi connectivity index (χ1v) is 6.46. The lowest BCUT2D eigenvalue weighted by Gasteiger charge is -2.28. The van der Waals surface area contributed by atoms with Gasteiger partial charge in [-0.3, -0.25) is 0 Å². The summed E-state index contributed by atoms with van der Waals surface area (Å²) in [5, 5.41) is 3.64. The topological polar surface area (TPSA) is 101 Å². The molecule has 0 radical (unpaired) electrons. The van der Waals surface area contributed by atoms with Crippen molar-refractivity contribution in [3.8, 4) is 0 Å². The number of ether oxygens (including phenoxy) is 1. The molecule has 1 aromatic rings. The van der Waals surface area contributed by atoms with E-state index in [4.69, 9.17) is 16.0 Å². The summed E-state index contributed by atoms with van der Waals surface area (Å²) in [6.07, 6.45) is 0.534. The molecule has 2 N–H and O–H groups in total. The molecule has 0 heterocycles. The highest BCUT2D eigenvalue weighted by Gasteiger charge is 2.26.